The van der Waals surface area contributed by atoms with Crippen molar-refractivity contribution in [1.29, 1.82) is 0 Å². The highest BCUT2D eigenvalue weighted by atomic mass is 16.5. The van der Waals surface area contributed by atoms with Crippen LogP contribution in [0.4, 0.5) is 5.69 Å². The largest absolute Gasteiger partial charge is 0.504 e. The number of anilines is 1. The van der Waals surface area contributed by atoms with E-state index in [4.69, 9.17) is 4.74 Å². The van der Waals surface area contributed by atoms with Gasteiger partial charge in [0, 0.05) is 11.8 Å². The third-order valence-electron chi connectivity index (χ3n) is 2.41. The number of phenolic OH excluding ortho intramolecular Hbond substituents is 1. The van der Waals surface area contributed by atoms with E-state index in [0.29, 0.717) is 17.9 Å². The first-order chi connectivity index (χ1) is 8.12. The molecule has 0 spiro atoms. The molecule has 5 nitrogen and oxygen atoms in total. The number of rotatable bonds is 5. The van der Waals surface area contributed by atoms with Gasteiger partial charge in [-0.2, -0.15) is 0 Å². The molecule has 1 aromatic carbocycles. The fourth-order valence-electron chi connectivity index (χ4n) is 1.45. The van der Waals surface area contributed by atoms with Crippen LogP contribution in [0.3, 0.4) is 0 Å². The number of nitrogens with one attached hydrogen (secondary N) is 1. The molecule has 0 amide bonds. The van der Waals surface area contributed by atoms with E-state index in [2.05, 4.69) is 10.1 Å². The molecule has 0 heterocycles. The van der Waals surface area contributed by atoms with Gasteiger partial charge in [0.05, 0.1) is 14.2 Å². The fourth-order valence-corrected chi connectivity index (χ4v) is 1.45. The van der Waals surface area contributed by atoms with Crippen molar-refractivity contribution in [2.24, 2.45) is 0 Å². The van der Waals surface area contributed by atoms with Gasteiger partial charge in [-0.25, -0.2) is 4.79 Å². The number of ether oxygens (including phenoxy) is 2. The Hall–Kier alpha value is -1.91. The highest BCUT2D eigenvalue weighted by molar-refractivity contribution is 5.79. The lowest BCUT2D eigenvalue weighted by Crippen LogP contribution is -2.29. The van der Waals surface area contributed by atoms with Gasteiger partial charge in [0.1, 0.15) is 6.04 Å². The summed E-state index contributed by atoms with van der Waals surface area (Å²) in [5, 5.41) is 12.6. The smallest absolute Gasteiger partial charge is 0.328 e. The van der Waals surface area contributed by atoms with Gasteiger partial charge in [-0.1, -0.05) is 6.92 Å². The van der Waals surface area contributed by atoms with Gasteiger partial charge in [0.2, 0.25) is 0 Å². The molecule has 0 aliphatic carbocycles. The second-order valence-corrected chi connectivity index (χ2v) is 3.51. The number of carbonyl (C=O) groups is 1. The predicted octanol–water partition coefficient (Wildman–Crippen LogP) is 1.76. The van der Waals surface area contributed by atoms with Crippen molar-refractivity contribution >= 4 is 11.7 Å². The van der Waals surface area contributed by atoms with Gasteiger partial charge in [0.25, 0.3) is 0 Å². The van der Waals surface area contributed by atoms with Gasteiger partial charge in [-0.05, 0) is 18.6 Å². The van der Waals surface area contributed by atoms with Crippen molar-refractivity contribution in [3.05, 3.63) is 18.2 Å². The number of esters is 1. The number of methoxy groups -OCH3 is 2. The molecule has 2 N–H and O–H groups in total. The lowest BCUT2D eigenvalue weighted by molar-refractivity contribution is -0.141. The van der Waals surface area contributed by atoms with Gasteiger partial charge in [-0.3, -0.25) is 0 Å². The molecule has 0 saturated heterocycles. The van der Waals surface area contributed by atoms with Gasteiger partial charge >= 0.3 is 5.97 Å². The number of hydrogen-bond donors (Lipinski definition) is 2. The standard InChI is InChI=1S/C12H17NO4/c1-4-9(12(15)17-3)13-8-5-6-11(16-2)10(14)7-8/h5-7,9,13-14H,4H2,1-3H3. The summed E-state index contributed by atoms with van der Waals surface area (Å²) in [5.41, 5.74) is 0.639. The van der Waals surface area contributed by atoms with Crippen LogP contribution in [0.1, 0.15) is 13.3 Å². The molecule has 17 heavy (non-hydrogen) atoms. The quantitative estimate of drug-likeness (QED) is 0.766. The Bertz CT molecular complexity index is 392. The minimum atomic E-state index is -0.423. The molecule has 1 aromatic rings. The lowest BCUT2D eigenvalue weighted by atomic mass is 10.2. The third kappa shape index (κ3) is 3.27. The first-order valence-electron chi connectivity index (χ1n) is 5.33. The summed E-state index contributed by atoms with van der Waals surface area (Å²) < 4.78 is 9.59. The summed E-state index contributed by atoms with van der Waals surface area (Å²) in [4.78, 5) is 11.4. The van der Waals surface area contributed by atoms with Crippen LogP contribution in [0.25, 0.3) is 0 Å². The van der Waals surface area contributed by atoms with Gasteiger partial charge in [0.15, 0.2) is 11.5 Å². The Morgan fingerprint density at radius 2 is 2.18 bits per heavy atom. The monoisotopic (exact) mass is 239 g/mol. The molecule has 94 valence electrons. The maximum Gasteiger partial charge on any atom is 0.328 e. The summed E-state index contributed by atoms with van der Waals surface area (Å²) in [6, 6.07) is 4.43. The van der Waals surface area contributed by atoms with Crippen LogP contribution in [0.15, 0.2) is 18.2 Å². The van der Waals surface area contributed by atoms with Gasteiger partial charge < -0.3 is 19.9 Å². The molecule has 0 aromatic heterocycles. The summed E-state index contributed by atoms with van der Waals surface area (Å²) in [5.74, 6) is 0.0849. The number of hydrogen-bond acceptors (Lipinski definition) is 5. The predicted molar refractivity (Wildman–Crippen MR) is 64.4 cm³/mol. The van der Waals surface area contributed by atoms with Crippen LogP contribution in [-0.4, -0.2) is 31.3 Å². The third-order valence-corrected chi connectivity index (χ3v) is 2.41. The average Bonchev–Trinajstić information content (AvgIpc) is 2.35. The first-order valence-corrected chi connectivity index (χ1v) is 5.33. The van der Waals surface area contributed by atoms with Gasteiger partial charge in [-0.15, -0.1) is 0 Å². The molecule has 5 heteroatoms. The SMILES string of the molecule is CCC(Nc1ccc(OC)c(O)c1)C(=O)OC. The van der Waals surface area contributed by atoms with Crippen molar-refractivity contribution in [3.63, 3.8) is 0 Å². The van der Waals surface area contributed by atoms with Crippen molar-refractivity contribution in [3.8, 4) is 11.5 Å². The van der Waals surface area contributed by atoms with Crippen LogP contribution in [0.5, 0.6) is 11.5 Å². The van der Waals surface area contributed by atoms with Crippen LogP contribution in [-0.2, 0) is 9.53 Å². The maximum atomic E-state index is 11.4. The fraction of sp³-hybridized carbons (Fsp3) is 0.417. The van der Waals surface area contributed by atoms with E-state index >= 15 is 0 Å². The number of aromatic hydroxyl groups is 1. The molecule has 0 aliphatic rings. The lowest BCUT2D eigenvalue weighted by Gasteiger charge is -2.16. The summed E-state index contributed by atoms with van der Waals surface area (Å²) >= 11 is 0. The van der Waals surface area contributed by atoms with Crippen molar-refractivity contribution in [2.45, 2.75) is 19.4 Å². The van der Waals surface area contributed by atoms with Crippen molar-refractivity contribution in [2.75, 3.05) is 19.5 Å². The molecular formula is C12H17NO4. The molecule has 1 unspecified atom stereocenters. The van der Waals surface area contributed by atoms with E-state index in [0.717, 1.165) is 0 Å². The maximum absolute atomic E-state index is 11.4. The van der Waals surface area contributed by atoms with Crippen LogP contribution < -0.4 is 10.1 Å². The number of carbonyl (C=O) groups excluding carboxylic acids is 1. The highest BCUT2D eigenvalue weighted by Gasteiger charge is 2.16. The van der Waals surface area contributed by atoms with E-state index in [1.54, 1.807) is 12.1 Å². The first kappa shape index (κ1) is 13.2. The van der Waals surface area contributed by atoms with Crippen LogP contribution in [0, 0.1) is 0 Å². The zero-order chi connectivity index (χ0) is 12.8. The molecule has 0 radical (unpaired) electrons. The molecule has 0 saturated carbocycles. The molecule has 1 atom stereocenters. The Morgan fingerprint density at radius 1 is 1.47 bits per heavy atom. The van der Waals surface area contributed by atoms with Crippen LogP contribution in [0.2, 0.25) is 0 Å². The number of phenols is 1. The zero-order valence-corrected chi connectivity index (χ0v) is 10.2. The zero-order valence-electron chi connectivity index (χ0n) is 10.2. The Balaban J connectivity index is 2.80. The minimum Gasteiger partial charge on any atom is -0.504 e. The Kier molecular flexibility index (Phi) is 4.63. The van der Waals surface area contributed by atoms with E-state index in [1.807, 2.05) is 6.92 Å². The summed E-state index contributed by atoms with van der Waals surface area (Å²) in [6.45, 7) is 1.87. The van der Waals surface area contributed by atoms with Crippen LogP contribution >= 0.6 is 0 Å². The van der Waals surface area contributed by atoms with E-state index < -0.39 is 6.04 Å². The normalized spacial score (nSPS) is 11.7. The number of benzene rings is 1. The average molecular weight is 239 g/mol. The molecular weight excluding hydrogens is 222 g/mol. The van der Waals surface area contributed by atoms with Crippen molar-refractivity contribution < 1.29 is 19.4 Å². The minimum absolute atomic E-state index is 0.0252. The molecule has 1 rings (SSSR count). The Labute approximate surface area is 100 Å². The van der Waals surface area contributed by atoms with Crippen molar-refractivity contribution in [1.82, 2.24) is 0 Å². The topological polar surface area (TPSA) is 67.8 Å². The summed E-state index contributed by atoms with van der Waals surface area (Å²) in [6.07, 6.45) is 0.597. The molecule has 0 aliphatic heterocycles. The Morgan fingerprint density at radius 3 is 2.65 bits per heavy atom. The molecule has 0 bridgehead atoms. The summed E-state index contributed by atoms with van der Waals surface area (Å²) in [7, 11) is 2.82. The highest BCUT2D eigenvalue weighted by Crippen LogP contribution is 2.28. The molecule has 0 fully saturated rings. The van der Waals surface area contributed by atoms with E-state index in [9.17, 15) is 9.90 Å². The van der Waals surface area contributed by atoms with E-state index in [1.165, 1.54) is 20.3 Å². The van der Waals surface area contributed by atoms with E-state index in [-0.39, 0.29) is 11.7 Å². The second kappa shape index (κ2) is 5.98. The second-order valence-electron chi connectivity index (χ2n) is 3.51.